The van der Waals surface area contributed by atoms with Crippen LogP contribution in [-0.2, 0) is 16.0 Å². The van der Waals surface area contributed by atoms with E-state index in [9.17, 15) is 22.8 Å². The van der Waals surface area contributed by atoms with Crippen LogP contribution >= 0.6 is 15.9 Å². The van der Waals surface area contributed by atoms with Crippen molar-refractivity contribution in [3.8, 4) is 0 Å². The van der Waals surface area contributed by atoms with Crippen LogP contribution in [0.25, 0.3) is 0 Å². The number of carbonyl (C=O) groups excluding carboxylic acids is 2. The molecule has 8 heteroatoms. The number of nitrogens with one attached hydrogen (secondary N) is 1. The summed E-state index contributed by atoms with van der Waals surface area (Å²) in [6, 6.07) is 6.84. The molecule has 0 aliphatic carbocycles. The lowest BCUT2D eigenvalue weighted by Crippen LogP contribution is -2.49. The molecule has 1 N–H and O–H groups in total. The predicted molar refractivity (Wildman–Crippen MR) is 81.6 cm³/mol. The zero-order valence-corrected chi connectivity index (χ0v) is 13.8. The maximum Gasteiger partial charge on any atom is 0.471 e. The van der Waals surface area contributed by atoms with Gasteiger partial charge in [-0.1, -0.05) is 34.1 Å². The molecule has 1 heterocycles. The van der Waals surface area contributed by atoms with Crippen molar-refractivity contribution < 1.29 is 22.8 Å². The van der Waals surface area contributed by atoms with Gasteiger partial charge in [0.2, 0.25) is 5.91 Å². The zero-order chi connectivity index (χ0) is 17.0. The van der Waals surface area contributed by atoms with Crippen molar-refractivity contribution in [2.45, 2.75) is 31.5 Å². The van der Waals surface area contributed by atoms with E-state index in [1.807, 2.05) is 29.6 Å². The molecule has 0 bridgehead atoms. The number of piperidine rings is 1. The molecule has 1 aromatic carbocycles. The van der Waals surface area contributed by atoms with E-state index < -0.39 is 18.1 Å². The van der Waals surface area contributed by atoms with E-state index in [-0.39, 0.29) is 12.3 Å². The molecular formula is C15H16BrF3N2O2. The molecule has 1 aliphatic heterocycles. The first-order valence-corrected chi connectivity index (χ1v) is 7.95. The van der Waals surface area contributed by atoms with Crippen molar-refractivity contribution in [1.82, 2.24) is 10.2 Å². The van der Waals surface area contributed by atoms with Crippen molar-refractivity contribution in [2.24, 2.45) is 0 Å². The summed E-state index contributed by atoms with van der Waals surface area (Å²) in [5.41, 5.74) is 0.866. The van der Waals surface area contributed by atoms with E-state index >= 15 is 0 Å². The van der Waals surface area contributed by atoms with Gasteiger partial charge in [0.25, 0.3) is 0 Å². The number of hydrogen-bond acceptors (Lipinski definition) is 2. The second-order valence-electron chi connectivity index (χ2n) is 5.39. The van der Waals surface area contributed by atoms with Gasteiger partial charge in [-0.3, -0.25) is 9.59 Å². The third-order valence-corrected chi connectivity index (χ3v) is 4.51. The van der Waals surface area contributed by atoms with Gasteiger partial charge >= 0.3 is 12.1 Å². The van der Waals surface area contributed by atoms with Crippen molar-refractivity contribution in [1.29, 1.82) is 0 Å². The maximum absolute atomic E-state index is 12.2. The highest BCUT2D eigenvalue weighted by atomic mass is 79.9. The van der Waals surface area contributed by atoms with E-state index in [0.717, 1.165) is 10.0 Å². The molecule has 0 aromatic heterocycles. The lowest BCUT2D eigenvalue weighted by Gasteiger charge is -2.32. The molecule has 4 nitrogen and oxygen atoms in total. The number of benzene rings is 1. The summed E-state index contributed by atoms with van der Waals surface area (Å²) in [5, 5.41) is 1.97. The van der Waals surface area contributed by atoms with Gasteiger partial charge in [-0.05, 0) is 24.5 Å². The summed E-state index contributed by atoms with van der Waals surface area (Å²) < 4.78 is 37.5. The first kappa shape index (κ1) is 17.8. The van der Waals surface area contributed by atoms with Gasteiger partial charge in [0.15, 0.2) is 0 Å². The number of carbonyl (C=O) groups is 2. The van der Waals surface area contributed by atoms with Gasteiger partial charge in [0, 0.05) is 23.6 Å². The normalized spacial score (nSPS) is 16.3. The van der Waals surface area contributed by atoms with Crippen LogP contribution in [0.5, 0.6) is 0 Å². The molecule has 2 amide bonds. The summed E-state index contributed by atoms with van der Waals surface area (Å²) in [6.45, 7) is 0.679. The average molecular weight is 393 g/mol. The smallest absolute Gasteiger partial charge is 0.345 e. The van der Waals surface area contributed by atoms with E-state index in [1.165, 1.54) is 0 Å². The Morgan fingerprint density at radius 1 is 1.22 bits per heavy atom. The highest BCUT2D eigenvalue weighted by Crippen LogP contribution is 2.20. The van der Waals surface area contributed by atoms with Gasteiger partial charge in [0.1, 0.15) is 0 Å². The fourth-order valence-electron chi connectivity index (χ4n) is 2.46. The lowest BCUT2D eigenvalue weighted by molar-refractivity contribution is -0.174. The van der Waals surface area contributed by atoms with Crippen molar-refractivity contribution in [3.05, 3.63) is 34.3 Å². The topological polar surface area (TPSA) is 49.4 Å². The molecular weight excluding hydrogens is 377 g/mol. The highest BCUT2D eigenvalue weighted by Gasteiger charge is 2.40. The van der Waals surface area contributed by atoms with Crippen molar-refractivity contribution >= 4 is 27.7 Å². The number of hydrogen-bond donors (Lipinski definition) is 1. The molecule has 126 valence electrons. The molecule has 23 heavy (non-hydrogen) atoms. The molecule has 0 radical (unpaired) electrons. The average Bonchev–Trinajstić information content (AvgIpc) is 2.49. The third kappa shape index (κ3) is 4.95. The van der Waals surface area contributed by atoms with Crippen molar-refractivity contribution in [2.75, 3.05) is 13.1 Å². The Balaban J connectivity index is 1.83. The summed E-state index contributed by atoms with van der Waals surface area (Å²) in [4.78, 5) is 24.8. The summed E-state index contributed by atoms with van der Waals surface area (Å²) in [7, 11) is 0. The zero-order valence-electron chi connectivity index (χ0n) is 12.2. The van der Waals surface area contributed by atoms with Crippen LogP contribution in [0.2, 0.25) is 0 Å². The molecule has 0 saturated carbocycles. The number of amides is 2. The molecule has 2 rings (SSSR count). The Hall–Kier alpha value is -1.57. The van der Waals surface area contributed by atoms with Crippen LogP contribution in [0.15, 0.2) is 28.7 Å². The van der Waals surface area contributed by atoms with E-state index in [4.69, 9.17) is 0 Å². The second kappa shape index (κ2) is 7.33. The molecule has 0 spiro atoms. The van der Waals surface area contributed by atoms with Crippen LogP contribution < -0.4 is 5.32 Å². The van der Waals surface area contributed by atoms with E-state index in [0.29, 0.717) is 25.9 Å². The number of nitrogens with zero attached hydrogens (tertiary/aromatic N) is 1. The number of alkyl halides is 3. The SMILES string of the molecule is O=C(Cc1ccccc1Br)N1CCC(NC(=O)C(F)(F)F)CC1. The Kier molecular flexibility index (Phi) is 5.67. The minimum Gasteiger partial charge on any atom is -0.345 e. The number of halogens is 4. The Bertz CT molecular complexity index is 584. The van der Waals surface area contributed by atoms with Gasteiger partial charge in [-0.15, -0.1) is 0 Å². The highest BCUT2D eigenvalue weighted by molar-refractivity contribution is 9.10. The molecule has 0 unspecified atom stereocenters. The molecule has 1 aromatic rings. The summed E-state index contributed by atoms with van der Waals surface area (Å²) in [6.07, 6.45) is -3.99. The van der Waals surface area contributed by atoms with Crippen LogP contribution in [0.4, 0.5) is 13.2 Å². The Morgan fingerprint density at radius 2 is 1.83 bits per heavy atom. The van der Waals surface area contributed by atoms with Crippen LogP contribution in [-0.4, -0.2) is 42.0 Å². The quantitative estimate of drug-likeness (QED) is 0.859. The fourth-order valence-corrected chi connectivity index (χ4v) is 2.88. The number of rotatable bonds is 3. The van der Waals surface area contributed by atoms with Crippen molar-refractivity contribution in [3.63, 3.8) is 0 Å². The van der Waals surface area contributed by atoms with E-state index in [2.05, 4.69) is 15.9 Å². The predicted octanol–water partition coefficient (Wildman–Crippen LogP) is 2.66. The Morgan fingerprint density at radius 3 is 2.39 bits per heavy atom. The first-order valence-electron chi connectivity index (χ1n) is 7.16. The summed E-state index contributed by atoms with van der Waals surface area (Å²) >= 11 is 3.38. The minimum absolute atomic E-state index is 0.0718. The monoisotopic (exact) mass is 392 g/mol. The lowest BCUT2D eigenvalue weighted by atomic mass is 10.0. The van der Waals surface area contributed by atoms with Gasteiger partial charge < -0.3 is 10.2 Å². The second-order valence-corrected chi connectivity index (χ2v) is 6.25. The molecule has 1 aliphatic rings. The molecule has 0 atom stereocenters. The minimum atomic E-state index is -4.87. The van der Waals surface area contributed by atoms with Gasteiger partial charge in [0.05, 0.1) is 6.42 Å². The first-order chi connectivity index (χ1) is 10.8. The van der Waals surface area contributed by atoms with Crippen LogP contribution in [0, 0.1) is 0 Å². The largest absolute Gasteiger partial charge is 0.471 e. The third-order valence-electron chi connectivity index (χ3n) is 3.74. The summed E-state index contributed by atoms with van der Waals surface area (Å²) in [5.74, 6) is -1.99. The number of likely N-dealkylation sites (tertiary alicyclic amines) is 1. The Labute approximate surface area is 140 Å². The molecule has 1 saturated heterocycles. The van der Waals surface area contributed by atoms with Crippen LogP contribution in [0.3, 0.4) is 0 Å². The van der Waals surface area contributed by atoms with Gasteiger partial charge in [-0.25, -0.2) is 0 Å². The fraction of sp³-hybridized carbons (Fsp3) is 0.467. The maximum atomic E-state index is 12.2. The standard InChI is InChI=1S/C15H16BrF3N2O2/c16-12-4-2-1-3-10(12)9-13(22)21-7-5-11(6-8-21)20-14(23)15(17,18)19/h1-4,11H,5-9H2,(H,20,23). The van der Waals surface area contributed by atoms with Gasteiger partial charge in [-0.2, -0.15) is 13.2 Å². The molecule has 1 fully saturated rings. The van der Waals surface area contributed by atoms with E-state index in [1.54, 1.807) is 4.90 Å². The van der Waals surface area contributed by atoms with Crippen LogP contribution in [0.1, 0.15) is 18.4 Å².